The average Bonchev–Trinajstić information content (AvgIpc) is 2.45. The molecule has 19 heavy (non-hydrogen) atoms. The maximum Gasteiger partial charge on any atom is 0.0720 e. The third-order valence-corrected chi connectivity index (χ3v) is 3.00. The van der Waals surface area contributed by atoms with Gasteiger partial charge in [0.15, 0.2) is 0 Å². The van der Waals surface area contributed by atoms with Crippen molar-refractivity contribution in [3.63, 3.8) is 0 Å². The van der Waals surface area contributed by atoms with E-state index in [-0.39, 0.29) is 0 Å². The Morgan fingerprint density at radius 2 is 1.37 bits per heavy atom. The van der Waals surface area contributed by atoms with Gasteiger partial charge in [-0.05, 0) is 23.6 Å². The molecule has 2 aromatic carbocycles. The molecule has 0 aliphatic rings. The van der Waals surface area contributed by atoms with Crippen LogP contribution in [0.15, 0.2) is 54.6 Å². The van der Waals surface area contributed by atoms with Crippen LogP contribution in [0, 0.1) is 6.92 Å². The zero-order chi connectivity index (χ0) is 13.3. The van der Waals surface area contributed by atoms with Gasteiger partial charge in [0.1, 0.15) is 0 Å². The highest BCUT2D eigenvalue weighted by Crippen LogP contribution is 2.08. The predicted molar refractivity (Wildman–Crippen MR) is 76.9 cm³/mol. The second-order valence-electron chi connectivity index (χ2n) is 4.52. The summed E-state index contributed by atoms with van der Waals surface area (Å²) in [5, 5.41) is 0. The van der Waals surface area contributed by atoms with Crippen LogP contribution in [-0.2, 0) is 22.7 Å². The molecule has 0 N–H and O–H groups in total. The standard InChI is InChI=1S/C17H20O2/c1-15-7-5-6-10-17(15)14-19-12-11-18-13-16-8-3-2-4-9-16/h2-10H,11-14H2,1H3. The van der Waals surface area contributed by atoms with E-state index in [1.54, 1.807) is 0 Å². The highest BCUT2D eigenvalue weighted by molar-refractivity contribution is 5.24. The summed E-state index contributed by atoms with van der Waals surface area (Å²) in [7, 11) is 0. The normalized spacial score (nSPS) is 10.6. The van der Waals surface area contributed by atoms with Gasteiger partial charge in [-0.15, -0.1) is 0 Å². The van der Waals surface area contributed by atoms with Crippen LogP contribution in [0.5, 0.6) is 0 Å². The molecule has 0 fully saturated rings. The van der Waals surface area contributed by atoms with Crippen LogP contribution in [0.2, 0.25) is 0 Å². The highest BCUT2D eigenvalue weighted by atomic mass is 16.5. The van der Waals surface area contributed by atoms with E-state index in [2.05, 4.69) is 31.2 Å². The molecule has 0 amide bonds. The van der Waals surface area contributed by atoms with Gasteiger partial charge in [0.2, 0.25) is 0 Å². The van der Waals surface area contributed by atoms with Crippen molar-refractivity contribution >= 4 is 0 Å². The first kappa shape index (κ1) is 13.8. The van der Waals surface area contributed by atoms with Gasteiger partial charge in [-0.1, -0.05) is 54.6 Å². The Morgan fingerprint density at radius 3 is 2.11 bits per heavy atom. The molecule has 0 bridgehead atoms. The summed E-state index contributed by atoms with van der Waals surface area (Å²) in [5.41, 5.74) is 3.71. The zero-order valence-electron chi connectivity index (χ0n) is 11.3. The molecule has 0 aromatic heterocycles. The number of hydrogen-bond acceptors (Lipinski definition) is 2. The van der Waals surface area contributed by atoms with Gasteiger partial charge in [-0.2, -0.15) is 0 Å². The van der Waals surface area contributed by atoms with Crippen LogP contribution in [0.25, 0.3) is 0 Å². The first-order valence-electron chi connectivity index (χ1n) is 6.60. The maximum atomic E-state index is 5.61. The average molecular weight is 256 g/mol. The first-order chi connectivity index (χ1) is 9.36. The SMILES string of the molecule is Cc1ccccc1COCCOCc1ccccc1. The van der Waals surface area contributed by atoms with Crippen LogP contribution >= 0.6 is 0 Å². The first-order valence-corrected chi connectivity index (χ1v) is 6.60. The van der Waals surface area contributed by atoms with Gasteiger partial charge in [-0.25, -0.2) is 0 Å². The molecule has 2 nitrogen and oxygen atoms in total. The zero-order valence-corrected chi connectivity index (χ0v) is 11.3. The van der Waals surface area contributed by atoms with Gasteiger partial charge in [0.05, 0.1) is 26.4 Å². The number of benzene rings is 2. The van der Waals surface area contributed by atoms with E-state index in [1.165, 1.54) is 16.7 Å². The fourth-order valence-corrected chi connectivity index (χ4v) is 1.84. The molecule has 0 unspecified atom stereocenters. The summed E-state index contributed by atoms with van der Waals surface area (Å²) in [6.07, 6.45) is 0. The lowest BCUT2D eigenvalue weighted by molar-refractivity contribution is 0.0337. The van der Waals surface area contributed by atoms with E-state index < -0.39 is 0 Å². The van der Waals surface area contributed by atoms with Crippen LogP contribution in [0.4, 0.5) is 0 Å². The smallest absolute Gasteiger partial charge is 0.0720 e. The topological polar surface area (TPSA) is 18.5 Å². The fourth-order valence-electron chi connectivity index (χ4n) is 1.84. The molecule has 0 spiro atoms. The maximum absolute atomic E-state index is 5.61. The summed E-state index contributed by atoms with van der Waals surface area (Å²) in [6, 6.07) is 18.5. The Kier molecular flexibility index (Phi) is 5.60. The van der Waals surface area contributed by atoms with Crippen molar-refractivity contribution in [2.75, 3.05) is 13.2 Å². The molecular formula is C17H20O2. The van der Waals surface area contributed by atoms with Crippen molar-refractivity contribution in [2.45, 2.75) is 20.1 Å². The van der Waals surface area contributed by atoms with E-state index in [0.29, 0.717) is 26.4 Å². The van der Waals surface area contributed by atoms with E-state index in [0.717, 1.165) is 0 Å². The number of rotatable bonds is 7. The number of hydrogen-bond donors (Lipinski definition) is 0. The molecule has 0 heterocycles. The minimum Gasteiger partial charge on any atom is -0.374 e. The van der Waals surface area contributed by atoms with Gasteiger partial charge in [0, 0.05) is 0 Å². The fraction of sp³-hybridized carbons (Fsp3) is 0.294. The Morgan fingerprint density at radius 1 is 0.737 bits per heavy atom. The predicted octanol–water partition coefficient (Wildman–Crippen LogP) is 3.73. The largest absolute Gasteiger partial charge is 0.374 e. The second-order valence-corrected chi connectivity index (χ2v) is 4.52. The monoisotopic (exact) mass is 256 g/mol. The van der Waals surface area contributed by atoms with Crippen molar-refractivity contribution in [3.8, 4) is 0 Å². The Balaban J connectivity index is 1.59. The third-order valence-electron chi connectivity index (χ3n) is 3.00. The minimum atomic E-state index is 0.626. The van der Waals surface area contributed by atoms with Crippen molar-refractivity contribution in [3.05, 3.63) is 71.3 Å². The quantitative estimate of drug-likeness (QED) is 0.703. The molecule has 0 radical (unpaired) electrons. The molecule has 2 heteroatoms. The molecule has 0 aliphatic carbocycles. The van der Waals surface area contributed by atoms with E-state index in [1.807, 2.05) is 30.3 Å². The number of ether oxygens (including phenoxy) is 2. The third kappa shape index (κ3) is 4.86. The van der Waals surface area contributed by atoms with Crippen molar-refractivity contribution in [1.29, 1.82) is 0 Å². The summed E-state index contributed by atoms with van der Waals surface area (Å²) < 4.78 is 11.2. The highest BCUT2D eigenvalue weighted by Gasteiger charge is 1.97. The molecule has 0 atom stereocenters. The van der Waals surface area contributed by atoms with Crippen molar-refractivity contribution < 1.29 is 9.47 Å². The molecular weight excluding hydrogens is 236 g/mol. The lowest BCUT2D eigenvalue weighted by Gasteiger charge is -2.08. The molecule has 100 valence electrons. The molecule has 2 rings (SSSR count). The lowest BCUT2D eigenvalue weighted by atomic mass is 10.1. The number of aryl methyl sites for hydroxylation is 1. The second kappa shape index (κ2) is 7.72. The summed E-state index contributed by atoms with van der Waals surface area (Å²) in [4.78, 5) is 0. The van der Waals surface area contributed by atoms with Crippen LogP contribution in [0.1, 0.15) is 16.7 Å². The summed E-state index contributed by atoms with van der Waals surface area (Å²) in [6.45, 7) is 4.66. The molecule has 0 saturated carbocycles. The van der Waals surface area contributed by atoms with Gasteiger partial charge in [-0.3, -0.25) is 0 Å². The molecule has 0 aliphatic heterocycles. The Hall–Kier alpha value is -1.64. The van der Waals surface area contributed by atoms with Crippen LogP contribution in [-0.4, -0.2) is 13.2 Å². The minimum absolute atomic E-state index is 0.626. The van der Waals surface area contributed by atoms with E-state index in [4.69, 9.17) is 9.47 Å². The molecule has 2 aromatic rings. The van der Waals surface area contributed by atoms with E-state index in [9.17, 15) is 0 Å². The van der Waals surface area contributed by atoms with Crippen molar-refractivity contribution in [2.24, 2.45) is 0 Å². The van der Waals surface area contributed by atoms with Crippen molar-refractivity contribution in [1.82, 2.24) is 0 Å². The van der Waals surface area contributed by atoms with E-state index >= 15 is 0 Å². The molecule has 0 saturated heterocycles. The summed E-state index contributed by atoms with van der Waals surface area (Å²) >= 11 is 0. The van der Waals surface area contributed by atoms with Gasteiger partial charge < -0.3 is 9.47 Å². The van der Waals surface area contributed by atoms with Gasteiger partial charge >= 0.3 is 0 Å². The lowest BCUT2D eigenvalue weighted by Crippen LogP contribution is -2.05. The Bertz CT molecular complexity index is 480. The summed E-state index contributed by atoms with van der Waals surface area (Å²) in [5.74, 6) is 0. The van der Waals surface area contributed by atoms with Crippen LogP contribution in [0.3, 0.4) is 0 Å². The van der Waals surface area contributed by atoms with Gasteiger partial charge in [0.25, 0.3) is 0 Å². The van der Waals surface area contributed by atoms with Crippen LogP contribution < -0.4 is 0 Å². The Labute approximate surface area is 115 Å².